The van der Waals surface area contributed by atoms with Crippen LogP contribution in [0.15, 0.2) is 48.7 Å². The molecule has 5 nitrogen and oxygen atoms in total. The highest BCUT2D eigenvalue weighted by molar-refractivity contribution is 6.37. The molecule has 0 aliphatic carbocycles. The van der Waals surface area contributed by atoms with E-state index in [1.165, 1.54) is 11.1 Å². The van der Waals surface area contributed by atoms with Crippen molar-refractivity contribution < 1.29 is 4.74 Å². The number of nitrogen functional groups attached to an aromatic ring is 1. The van der Waals surface area contributed by atoms with Crippen LogP contribution in [0.2, 0.25) is 10.0 Å². The van der Waals surface area contributed by atoms with Gasteiger partial charge in [-0.15, -0.1) is 0 Å². The molecule has 1 aliphatic rings. The summed E-state index contributed by atoms with van der Waals surface area (Å²) in [5.74, 6) is 1.14. The molecule has 2 N–H and O–H groups in total. The molecule has 4 rings (SSSR count). The van der Waals surface area contributed by atoms with Crippen LogP contribution in [0, 0.1) is 0 Å². The second-order valence-electron chi connectivity index (χ2n) is 6.52. The van der Waals surface area contributed by atoms with Gasteiger partial charge in [0.15, 0.2) is 5.75 Å². The van der Waals surface area contributed by atoms with Gasteiger partial charge >= 0.3 is 0 Å². The molecule has 2 aromatic carbocycles. The molecule has 27 heavy (non-hydrogen) atoms. The number of hydrogen-bond acceptors (Lipinski definition) is 5. The standard InChI is InChI=1S/C20H18Cl2N4O/c21-18-9-15(23)10-19(22)20(18)27-17-4-3-14-11-26(7-5-13(14)8-17)12-16-2-1-6-24-25-16/h1-4,6,8-10H,5,7,11-12,23H2. The van der Waals surface area contributed by atoms with E-state index < -0.39 is 0 Å². The molecule has 1 aromatic heterocycles. The lowest BCUT2D eigenvalue weighted by Gasteiger charge is -2.28. The first-order valence-corrected chi connectivity index (χ1v) is 9.37. The third-order valence-electron chi connectivity index (χ3n) is 4.52. The number of ether oxygens (including phenoxy) is 1. The Labute approximate surface area is 167 Å². The first kappa shape index (κ1) is 18.0. The first-order valence-electron chi connectivity index (χ1n) is 8.61. The molecule has 3 aromatic rings. The Hall–Kier alpha value is -2.34. The molecule has 7 heteroatoms. The molecule has 1 aliphatic heterocycles. The van der Waals surface area contributed by atoms with E-state index in [4.69, 9.17) is 33.7 Å². The summed E-state index contributed by atoms with van der Waals surface area (Å²) in [5, 5.41) is 8.90. The monoisotopic (exact) mass is 400 g/mol. The van der Waals surface area contributed by atoms with Crippen molar-refractivity contribution in [1.82, 2.24) is 15.1 Å². The van der Waals surface area contributed by atoms with Crippen molar-refractivity contribution in [3.05, 3.63) is 75.5 Å². The van der Waals surface area contributed by atoms with E-state index in [2.05, 4.69) is 27.2 Å². The van der Waals surface area contributed by atoms with Crippen molar-refractivity contribution in [1.29, 1.82) is 0 Å². The topological polar surface area (TPSA) is 64.3 Å². The molecule has 0 spiro atoms. The summed E-state index contributed by atoms with van der Waals surface area (Å²) in [6.07, 6.45) is 2.63. The Morgan fingerprint density at radius 1 is 1.07 bits per heavy atom. The number of anilines is 1. The van der Waals surface area contributed by atoms with Crippen molar-refractivity contribution in [2.45, 2.75) is 19.5 Å². The zero-order chi connectivity index (χ0) is 18.8. The average molecular weight is 401 g/mol. The van der Waals surface area contributed by atoms with Gasteiger partial charge in [-0.25, -0.2) is 0 Å². The van der Waals surface area contributed by atoms with Crippen LogP contribution in [-0.4, -0.2) is 21.6 Å². The van der Waals surface area contributed by atoms with Gasteiger partial charge in [-0.05, 0) is 53.9 Å². The summed E-state index contributed by atoms with van der Waals surface area (Å²) in [6, 6.07) is 13.3. The van der Waals surface area contributed by atoms with E-state index in [1.807, 2.05) is 18.2 Å². The van der Waals surface area contributed by atoms with Crippen LogP contribution in [0.25, 0.3) is 0 Å². The predicted octanol–water partition coefficient (Wildman–Crippen LogP) is 4.72. The molecule has 0 atom stereocenters. The molecule has 0 unspecified atom stereocenters. The van der Waals surface area contributed by atoms with Gasteiger partial charge in [0.25, 0.3) is 0 Å². The Morgan fingerprint density at radius 3 is 2.63 bits per heavy atom. The number of rotatable bonds is 4. The Morgan fingerprint density at radius 2 is 1.89 bits per heavy atom. The van der Waals surface area contributed by atoms with Gasteiger partial charge < -0.3 is 10.5 Å². The minimum atomic E-state index is 0.396. The van der Waals surface area contributed by atoms with Gasteiger partial charge in [0.2, 0.25) is 0 Å². The molecule has 0 bridgehead atoms. The maximum Gasteiger partial charge on any atom is 0.164 e. The lowest BCUT2D eigenvalue weighted by atomic mass is 9.99. The first-order chi connectivity index (χ1) is 13.1. The number of nitrogens with zero attached hydrogens (tertiary/aromatic N) is 3. The van der Waals surface area contributed by atoms with Gasteiger partial charge in [0.05, 0.1) is 15.7 Å². The number of benzene rings is 2. The lowest BCUT2D eigenvalue weighted by Crippen LogP contribution is -2.30. The van der Waals surface area contributed by atoms with Crippen molar-refractivity contribution in [2.75, 3.05) is 12.3 Å². The van der Waals surface area contributed by atoms with Gasteiger partial charge in [-0.2, -0.15) is 10.2 Å². The van der Waals surface area contributed by atoms with Crippen LogP contribution in [0.3, 0.4) is 0 Å². The second-order valence-corrected chi connectivity index (χ2v) is 7.34. The maximum absolute atomic E-state index is 6.22. The van der Waals surface area contributed by atoms with E-state index in [1.54, 1.807) is 18.3 Å². The molecule has 0 radical (unpaired) electrons. The second kappa shape index (κ2) is 7.72. The fourth-order valence-corrected chi connectivity index (χ4v) is 3.81. The van der Waals surface area contributed by atoms with Crippen LogP contribution in [0.1, 0.15) is 16.8 Å². The minimum absolute atomic E-state index is 0.396. The normalized spacial score (nSPS) is 14.0. The van der Waals surface area contributed by atoms with Crippen LogP contribution in [0.5, 0.6) is 11.5 Å². The summed E-state index contributed by atoms with van der Waals surface area (Å²) < 4.78 is 5.93. The molecule has 0 amide bonds. The molecule has 0 saturated carbocycles. The highest BCUT2D eigenvalue weighted by Crippen LogP contribution is 2.38. The van der Waals surface area contributed by atoms with Gasteiger partial charge in [-0.1, -0.05) is 29.3 Å². The number of fused-ring (bicyclic) bond motifs is 1. The lowest BCUT2D eigenvalue weighted by molar-refractivity contribution is 0.241. The van der Waals surface area contributed by atoms with Gasteiger partial charge in [0.1, 0.15) is 5.75 Å². The van der Waals surface area contributed by atoms with Crippen molar-refractivity contribution in [2.24, 2.45) is 0 Å². The summed E-state index contributed by atoms with van der Waals surface area (Å²) >= 11 is 12.4. The minimum Gasteiger partial charge on any atom is -0.454 e. The summed E-state index contributed by atoms with van der Waals surface area (Å²) in [6.45, 7) is 2.62. The maximum atomic E-state index is 6.22. The predicted molar refractivity (Wildman–Crippen MR) is 107 cm³/mol. The van der Waals surface area contributed by atoms with E-state index in [0.717, 1.165) is 31.7 Å². The van der Waals surface area contributed by atoms with Crippen LogP contribution in [0.4, 0.5) is 5.69 Å². The summed E-state index contributed by atoms with van der Waals surface area (Å²) in [4.78, 5) is 2.36. The van der Waals surface area contributed by atoms with E-state index in [-0.39, 0.29) is 0 Å². The molecular formula is C20H18Cl2N4O. The number of nitrogens with two attached hydrogens (primary N) is 1. The van der Waals surface area contributed by atoms with Crippen LogP contribution >= 0.6 is 23.2 Å². The molecule has 138 valence electrons. The third kappa shape index (κ3) is 4.16. The Bertz CT molecular complexity index is 942. The van der Waals surface area contributed by atoms with E-state index in [9.17, 15) is 0 Å². The van der Waals surface area contributed by atoms with Gasteiger partial charge in [0, 0.05) is 31.5 Å². The number of hydrogen-bond donors (Lipinski definition) is 1. The highest BCUT2D eigenvalue weighted by Gasteiger charge is 2.18. The molecule has 2 heterocycles. The number of halogens is 2. The third-order valence-corrected chi connectivity index (χ3v) is 5.08. The molecular weight excluding hydrogens is 383 g/mol. The fourth-order valence-electron chi connectivity index (χ4n) is 3.23. The average Bonchev–Trinajstić information content (AvgIpc) is 2.65. The summed E-state index contributed by atoms with van der Waals surface area (Å²) in [7, 11) is 0. The zero-order valence-electron chi connectivity index (χ0n) is 14.5. The largest absolute Gasteiger partial charge is 0.454 e. The SMILES string of the molecule is Nc1cc(Cl)c(Oc2ccc3c(c2)CCN(Cc2cccnn2)C3)c(Cl)c1. The zero-order valence-corrected chi connectivity index (χ0v) is 16.0. The smallest absolute Gasteiger partial charge is 0.164 e. The highest BCUT2D eigenvalue weighted by atomic mass is 35.5. The molecule has 0 fully saturated rings. The van der Waals surface area contributed by atoms with Crippen molar-refractivity contribution >= 4 is 28.9 Å². The molecule has 0 saturated heterocycles. The summed E-state index contributed by atoms with van der Waals surface area (Å²) in [5.41, 5.74) is 9.78. The van der Waals surface area contributed by atoms with Crippen LogP contribution in [-0.2, 0) is 19.5 Å². The fraction of sp³-hybridized carbons (Fsp3) is 0.200. The van der Waals surface area contributed by atoms with E-state index in [0.29, 0.717) is 27.2 Å². The Balaban J connectivity index is 1.49. The van der Waals surface area contributed by atoms with Crippen LogP contribution < -0.4 is 10.5 Å². The van der Waals surface area contributed by atoms with Crippen molar-refractivity contribution in [3.63, 3.8) is 0 Å². The van der Waals surface area contributed by atoms with Gasteiger partial charge in [-0.3, -0.25) is 4.90 Å². The van der Waals surface area contributed by atoms with Crippen molar-refractivity contribution in [3.8, 4) is 11.5 Å². The Kier molecular flexibility index (Phi) is 5.16. The quantitative estimate of drug-likeness (QED) is 0.641. The number of aromatic nitrogens is 2. The van der Waals surface area contributed by atoms with E-state index >= 15 is 0 Å².